The van der Waals surface area contributed by atoms with Crippen molar-refractivity contribution >= 4 is 23.2 Å². The third-order valence-corrected chi connectivity index (χ3v) is 3.86. The average Bonchev–Trinajstić information content (AvgIpc) is 2.85. The third kappa shape index (κ3) is 2.85. The van der Waals surface area contributed by atoms with Gasteiger partial charge in [0.05, 0.1) is 23.1 Å². The summed E-state index contributed by atoms with van der Waals surface area (Å²) in [5, 5.41) is 13.4. The molecule has 0 N–H and O–H groups in total. The van der Waals surface area contributed by atoms with Gasteiger partial charge in [-0.2, -0.15) is 5.10 Å². The number of nitrogens with zero attached hydrogens (tertiary/aromatic N) is 4. The molecule has 6 nitrogen and oxygen atoms in total. The second kappa shape index (κ2) is 6.20. The molecule has 0 spiro atoms. The van der Waals surface area contributed by atoms with E-state index in [4.69, 9.17) is 16.3 Å². The van der Waals surface area contributed by atoms with Crippen LogP contribution in [0.2, 0.25) is 5.02 Å². The zero-order chi connectivity index (χ0) is 17.4. The molecule has 1 aromatic carbocycles. The first-order valence-electron chi connectivity index (χ1n) is 7.58. The van der Waals surface area contributed by atoms with E-state index in [1.54, 1.807) is 25.3 Å². The van der Waals surface area contributed by atoms with Crippen molar-refractivity contribution in [2.45, 2.75) is 33.8 Å². The topological polar surface area (TPSA) is 69.4 Å². The zero-order valence-corrected chi connectivity index (χ0v) is 14.6. The number of hydrogen-bond acceptors (Lipinski definition) is 5. The summed E-state index contributed by atoms with van der Waals surface area (Å²) in [5.41, 5.74) is 3.96. The van der Waals surface area contributed by atoms with Crippen molar-refractivity contribution in [1.29, 1.82) is 0 Å². The van der Waals surface area contributed by atoms with Crippen LogP contribution in [0, 0.1) is 13.8 Å². The standard InChI is InChI=1S/C17H17ClN4O2/c1-9(2)24-17(23)15-11(4)22-16(20-19-15)14(10(3)21-22)12-5-7-13(18)8-6-12/h5-9H,1-4H3. The smallest absolute Gasteiger partial charge is 0.361 e. The summed E-state index contributed by atoms with van der Waals surface area (Å²) in [4.78, 5) is 12.1. The second-order valence-electron chi connectivity index (χ2n) is 5.79. The summed E-state index contributed by atoms with van der Waals surface area (Å²) in [5.74, 6) is -0.502. The van der Waals surface area contributed by atoms with Crippen LogP contribution in [-0.2, 0) is 4.74 Å². The maximum Gasteiger partial charge on any atom is 0.361 e. The maximum atomic E-state index is 12.1. The van der Waals surface area contributed by atoms with Crippen molar-refractivity contribution in [3.05, 3.63) is 46.4 Å². The molecule has 3 rings (SSSR count). The van der Waals surface area contributed by atoms with Crippen molar-refractivity contribution in [3.63, 3.8) is 0 Å². The van der Waals surface area contributed by atoms with Gasteiger partial charge in [-0.25, -0.2) is 9.31 Å². The Morgan fingerprint density at radius 2 is 1.83 bits per heavy atom. The summed E-state index contributed by atoms with van der Waals surface area (Å²) < 4.78 is 6.83. The Hall–Kier alpha value is -2.47. The summed E-state index contributed by atoms with van der Waals surface area (Å²) in [6.45, 7) is 7.24. The van der Waals surface area contributed by atoms with E-state index in [2.05, 4.69) is 15.3 Å². The number of carbonyl (C=O) groups is 1. The summed E-state index contributed by atoms with van der Waals surface area (Å²) in [6.07, 6.45) is -0.224. The lowest BCUT2D eigenvalue weighted by molar-refractivity contribution is 0.0367. The molecule has 0 atom stereocenters. The van der Waals surface area contributed by atoms with Crippen LogP contribution in [0.25, 0.3) is 16.8 Å². The van der Waals surface area contributed by atoms with E-state index in [1.165, 1.54) is 0 Å². The fourth-order valence-electron chi connectivity index (χ4n) is 2.52. The molecule has 2 aromatic heterocycles. The van der Waals surface area contributed by atoms with Crippen LogP contribution in [0.5, 0.6) is 0 Å². The average molecular weight is 345 g/mol. The quantitative estimate of drug-likeness (QED) is 0.678. The Kier molecular flexibility index (Phi) is 4.24. The molecule has 0 radical (unpaired) electrons. The van der Waals surface area contributed by atoms with E-state index >= 15 is 0 Å². The Labute approximate surface area is 144 Å². The monoisotopic (exact) mass is 344 g/mol. The first-order valence-corrected chi connectivity index (χ1v) is 7.95. The summed E-state index contributed by atoms with van der Waals surface area (Å²) >= 11 is 5.95. The summed E-state index contributed by atoms with van der Waals surface area (Å²) in [6, 6.07) is 7.44. The second-order valence-corrected chi connectivity index (χ2v) is 6.23. The van der Waals surface area contributed by atoms with Crippen LogP contribution < -0.4 is 0 Å². The van der Waals surface area contributed by atoms with Crippen LogP contribution >= 0.6 is 11.6 Å². The zero-order valence-electron chi connectivity index (χ0n) is 13.9. The number of halogens is 1. The first kappa shape index (κ1) is 16.4. The van der Waals surface area contributed by atoms with Gasteiger partial charge in [-0.3, -0.25) is 0 Å². The lowest BCUT2D eigenvalue weighted by Gasteiger charge is -2.09. The highest BCUT2D eigenvalue weighted by atomic mass is 35.5. The molecule has 2 heterocycles. The van der Waals surface area contributed by atoms with Gasteiger partial charge < -0.3 is 4.74 Å². The number of esters is 1. The number of rotatable bonds is 3. The molecule has 0 unspecified atom stereocenters. The molecule has 7 heteroatoms. The van der Waals surface area contributed by atoms with Crippen LogP contribution in [0.1, 0.15) is 35.7 Å². The van der Waals surface area contributed by atoms with Crippen LogP contribution in [0.4, 0.5) is 0 Å². The van der Waals surface area contributed by atoms with Crippen molar-refractivity contribution in [1.82, 2.24) is 19.8 Å². The largest absolute Gasteiger partial charge is 0.458 e. The van der Waals surface area contributed by atoms with E-state index in [0.29, 0.717) is 16.4 Å². The van der Waals surface area contributed by atoms with Crippen molar-refractivity contribution in [2.24, 2.45) is 0 Å². The molecule has 0 aliphatic heterocycles. The van der Waals surface area contributed by atoms with Gasteiger partial charge in [0.1, 0.15) is 0 Å². The number of aromatic nitrogens is 4. The van der Waals surface area contributed by atoms with E-state index in [0.717, 1.165) is 16.8 Å². The van der Waals surface area contributed by atoms with Crippen LogP contribution in [-0.4, -0.2) is 31.9 Å². The number of ether oxygens (including phenoxy) is 1. The maximum absolute atomic E-state index is 12.1. The molecule has 0 aliphatic rings. The van der Waals surface area contributed by atoms with Crippen molar-refractivity contribution in [3.8, 4) is 11.1 Å². The van der Waals surface area contributed by atoms with Gasteiger partial charge in [-0.15, -0.1) is 10.2 Å². The van der Waals surface area contributed by atoms with Gasteiger partial charge in [-0.1, -0.05) is 23.7 Å². The predicted molar refractivity (Wildman–Crippen MR) is 91.3 cm³/mol. The molecule has 124 valence electrons. The minimum absolute atomic E-state index is 0.168. The molecule has 0 amide bonds. The van der Waals surface area contributed by atoms with Gasteiger partial charge in [-0.05, 0) is 45.4 Å². The van der Waals surface area contributed by atoms with E-state index < -0.39 is 5.97 Å². The molecule has 3 aromatic rings. The summed E-state index contributed by atoms with van der Waals surface area (Å²) in [7, 11) is 0. The Bertz CT molecular complexity index is 916. The third-order valence-electron chi connectivity index (χ3n) is 3.61. The normalized spacial score (nSPS) is 11.2. The minimum atomic E-state index is -0.502. The van der Waals surface area contributed by atoms with E-state index in [9.17, 15) is 4.79 Å². The van der Waals surface area contributed by atoms with Crippen LogP contribution in [0.15, 0.2) is 24.3 Å². The van der Waals surface area contributed by atoms with Gasteiger partial charge in [0, 0.05) is 5.02 Å². The molecule has 0 saturated carbocycles. The highest BCUT2D eigenvalue weighted by Crippen LogP contribution is 2.28. The fourth-order valence-corrected chi connectivity index (χ4v) is 2.65. The molecule has 0 aliphatic carbocycles. The van der Waals surface area contributed by atoms with Gasteiger partial charge >= 0.3 is 5.97 Å². The predicted octanol–water partition coefficient (Wildman–Crippen LogP) is 3.63. The van der Waals surface area contributed by atoms with Gasteiger partial charge in [0.15, 0.2) is 11.3 Å². The van der Waals surface area contributed by atoms with Gasteiger partial charge in [0.25, 0.3) is 0 Å². The lowest BCUT2D eigenvalue weighted by atomic mass is 10.1. The highest BCUT2D eigenvalue weighted by Gasteiger charge is 2.21. The van der Waals surface area contributed by atoms with Crippen molar-refractivity contribution < 1.29 is 9.53 Å². The van der Waals surface area contributed by atoms with E-state index in [-0.39, 0.29) is 11.8 Å². The van der Waals surface area contributed by atoms with E-state index in [1.807, 2.05) is 31.2 Å². The first-order chi connectivity index (χ1) is 11.4. The fraction of sp³-hybridized carbons (Fsp3) is 0.294. The lowest BCUT2D eigenvalue weighted by Crippen LogP contribution is -2.17. The molecule has 0 bridgehead atoms. The molecule has 0 saturated heterocycles. The van der Waals surface area contributed by atoms with Crippen molar-refractivity contribution in [2.75, 3.05) is 0 Å². The van der Waals surface area contributed by atoms with Gasteiger partial charge in [0.2, 0.25) is 0 Å². The number of aryl methyl sites for hydroxylation is 2. The number of fused-ring (bicyclic) bond motifs is 1. The Balaban J connectivity index is 2.15. The highest BCUT2D eigenvalue weighted by molar-refractivity contribution is 6.30. The number of benzene rings is 1. The SMILES string of the molecule is Cc1nn2c(C)c(C(=O)OC(C)C)nnc2c1-c1ccc(Cl)cc1. The Morgan fingerprint density at radius 1 is 1.17 bits per heavy atom. The molecule has 24 heavy (non-hydrogen) atoms. The number of carbonyl (C=O) groups excluding carboxylic acids is 1. The minimum Gasteiger partial charge on any atom is -0.458 e. The Morgan fingerprint density at radius 3 is 2.46 bits per heavy atom. The number of hydrogen-bond donors (Lipinski definition) is 0. The molecular weight excluding hydrogens is 328 g/mol. The molecule has 0 fully saturated rings. The van der Waals surface area contributed by atoms with Crippen LogP contribution in [0.3, 0.4) is 0 Å². The molecular formula is C17H17ClN4O2.